The van der Waals surface area contributed by atoms with Gasteiger partial charge < -0.3 is 16.6 Å². The number of carboxylic acid groups (broad SMARTS) is 1. The lowest BCUT2D eigenvalue weighted by Crippen LogP contribution is -2.23. The maximum atomic E-state index is 10.9. The van der Waals surface area contributed by atoms with Crippen LogP contribution in [0.25, 0.3) is 0 Å². The van der Waals surface area contributed by atoms with Gasteiger partial charge >= 0.3 is 5.97 Å². The summed E-state index contributed by atoms with van der Waals surface area (Å²) in [7, 11) is 0. The van der Waals surface area contributed by atoms with Gasteiger partial charge in [0.05, 0.1) is 5.41 Å². The molecule has 0 fully saturated rings. The summed E-state index contributed by atoms with van der Waals surface area (Å²) in [5.41, 5.74) is 10.5. The van der Waals surface area contributed by atoms with Crippen molar-refractivity contribution in [3.63, 3.8) is 0 Å². The molecular weight excluding hydrogens is 264 g/mol. The SMILES string of the molecule is CC(C)(CCCCSc1nc(N)cc(N)n1)C(=O)O. The number of unbranched alkanes of at least 4 members (excludes halogenated alkanes) is 1. The van der Waals surface area contributed by atoms with Crippen LogP contribution in [-0.2, 0) is 4.79 Å². The van der Waals surface area contributed by atoms with Crippen LogP contribution in [-0.4, -0.2) is 26.8 Å². The predicted octanol–water partition coefficient (Wildman–Crippen LogP) is 2.01. The van der Waals surface area contributed by atoms with E-state index in [1.807, 2.05) is 0 Å². The summed E-state index contributed by atoms with van der Waals surface area (Å²) in [5, 5.41) is 9.55. The fourth-order valence-corrected chi connectivity index (χ4v) is 2.34. The van der Waals surface area contributed by atoms with Crippen molar-refractivity contribution in [2.45, 2.75) is 38.3 Å². The fraction of sp³-hybridized carbons (Fsp3) is 0.583. The highest BCUT2D eigenvalue weighted by molar-refractivity contribution is 7.99. The number of carboxylic acids is 1. The number of nitrogens with zero attached hydrogens (tertiary/aromatic N) is 2. The van der Waals surface area contributed by atoms with Gasteiger partial charge in [0.25, 0.3) is 0 Å². The van der Waals surface area contributed by atoms with Gasteiger partial charge in [-0.15, -0.1) is 0 Å². The summed E-state index contributed by atoms with van der Waals surface area (Å²) in [5.74, 6) is 0.787. The van der Waals surface area contributed by atoms with Crippen LogP contribution in [0.5, 0.6) is 0 Å². The standard InChI is InChI=1S/C12H20N4O2S/c1-12(2,10(17)18)5-3-4-6-19-11-15-8(13)7-9(14)16-11/h7H,3-6H2,1-2H3,(H,17,18)(H4,13,14,15,16). The highest BCUT2D eigenvalue weighted by atomic mass is 32.2. The first kappa shape index (κ1) is 15.6. The molecule has 1 rings (SSSR count). The average Bonchev–Trinajstić information content (AvgIpc) is 2.26. The van der Waals surface area contributed by atoms with Crippen LogP contribution in [0.4, 0.5) is 11.6 Å². The summed E-state index contributed by atoms with van der Waals surface area (Å²) in [6.45, 7) is 3.48. The average molecular weight is 284 g/mol. The first-order valence-corrected chi connectivity index (χ1v) is 7.06. The van der Waals surface area contributed by atoms with Gasteiger partial charge in [-0.05, 0) is 26.7 Å². The largest absolute Gasteiger partial charge is 0.481 e. The van der Waals surface area contributed by atoms with E-state index < -0.39 is 11.4 Å². The summed E-state index contributed by atoms with van der Waals surface area (Å²) in [6, 6.07) is 1.51. The van der Waals surface area contributed by atoms with Gasteiger partial charge in [0.15, 0.2) is 5.16 Å². The number of aromatic nitrogens is 2. The second-order valence-electron chi connectivity index (χ2n) is 4.99. The van der Waals surface area contributed by atoms with Crippen molar-refractivity contribution in [1.82, 2.24) is 9.97 Å². The Kier molecular flexibility index (Phi) is 5.41. The molecule has 0 spiro atoms. The Balaban J connectivity index is 2.30. The van der Waals surface area contributed by atoms with Crippen LogP contribution in [0.15, 0.2) is 11.2 Å². The van der Waals surface area contributed by atoms with Crippen molar-refractivity contribution in [2.75, 3.05) is 17.2 Å². The number of rotatable bonds is 7. The quantitative estimate of drug-likeness (QED) is 0.398. The molecule has 0 aliphatic rings. The zero-order valence-electron chi connectivity index (χ0n) is 11.2. The summed E-state index contributed by atoms with van der Waals surface area (Å²) >= 11 is 1.48. The van der Waals surface area contributed by atoms with Crippen LogP contribution in [0.2, 0.25) is 0 Å². The molecule has 0 aromatic carbocycles. The molecule has 1 aromatic heterocycles. The molecule has 19 heavy (non-hydrogen) atoms. The lowest BCUT2D eigenvalue weighted by molar-refractivity contribution is -0.147. The minimum atomic E-state index is -0.757. The van der Waals surface area contributed by atoms with E-state index in [-0.39, 0.29) is 0 Å². The summed E-state index contributed by atoms with van der Waals surface area (Å²) in [4.78, 5) is 19.1. The smallest absolute Gasteiger partial charge is 0.309 e. The molecule has 0 unspecified atom stereocenters. The first-order valence-electron chi connectivity index (χ1n) is 6.07. The number of carbonyl (C=O) groups is 1. The predicted molar refractivity (Wildman–Crippen MR) is 76.8 cm³/mol. The molecule has 5 N–H and O–H groups in total. The van der Waals surface area contributed by atoms with Gasteiger partial charge in [0, 0.05) is 11.8 Å². The minimum absolute atomic E-state index is 0.363. The third-order valence-electron chi connectivity index (χ3n) is 2.75. The van der Waals surface area contributed by atoms with Crippen molar-refractivity contribution in [3.8, 4) is 0 Å². The molecule has 0 atom stereocenters. The molecular formula is C12H20N4O2S. The van der Waals surface area contributed by atoms with Crippen LogP contribution in [0.1, 0.15) is 33.1 Å². The molecule has 1 heterocycles. The zero-order chi connectivity index (χ0) is 14.5. The van der Waals surface area contributed by atoms with Crippen LogP contribution >= 0.6 is 11.8 Å². The van der Waals surface area contributed by atoms with E-state index >= 15 is 0 Å². The third-order valence-corrected chi connectivity index (χ3v) is 3.69. The number of hydrogen-bond donors (Lipinski definition) is 3. The summed E-state index contributed by atoms with van der Waals surface area (Å²) < 4.78 is 0. The Hall–Kier alpha value is -1.50. The molecule has 0 amide bonds. The third kappa shape index (κ3) is 5.34. The van der Waals surface area contributed by atoms with E-state index in [2.05, 4.69) is 9.97 Å². The Morgan fingerprint density at radius 2 is 1.89 bits per heavy atom. The van der Waals surface area contributed by atoms with Gasteiger partial charge in [0.2, 0.25) is 0 Å². The number of hydrogen-bond acceptors (Lipinski definition) is 6. The van der Waals surface area contributed by atoms with Crippen molar-refractivity contribution >= 4 is 29.4 Å². The molecule has 0 saturated carbocycles. The number of thioether (sulfide) groups is 1. The Labute approximate surface area is 117 Å². The van der Waals surface area contributed by atoms with E-state index in [1.54, 1.807) is 13.8 Å². The molecule has 6 nitrogen and oxygen atoms in total. The second kappa shape index (κ2) is 6.60. The van der Waals surface area contributed by atoms with Gasteiger partial charge in [0.1, 0.15) is 11.6 Å². The van der Waals surface area contributed by atoms with Crippen molar-refractivity contribution in [2.24, 2.45) is 5.41 Å². The highest BCUT2D eigenvalue weighted by Crippen LogP contribution is 2.25. The van der Waals surface area contributed by atoms with E-state index in [1.165, 1.54) is 17.8 Å². The Bertz CT molecular complexity index is 431. The maximum absolute atomic E-state index is 10.9. The van der Waals surface area contributed by atoms with E-state index in [0.29, 0.717) is 23.2 Å². The second-order valence-corrected chi connectivity index (χ2v) is 6.06. The first-order chi connectivity index (χ1) is 8.81. The van der Waals surface area contributed by atoms with E-state index in [9.17, 15) is 4.79 Å². The molecule has 0 bridgehead atoms. The van der Waals surface area contributed by atoms with Gasteiger partial charge in [-0.25, -0.2) is 9.97 Å². The molecule has 0 aliphatic heterocycles. The van der Waals surface area contributed by atoms with Crippen LogP contribution in [0.3, 0.4) is 0 Å². The number of aliphatic carboxylic acids is 1. The topological polar surface area (TPSA) is 115 Å². The molecule has 1 aromatic rings. The van der Waals surface area contributed by atoms with Crippen LogP contribution < -0.4 is 11.5 Å². The molecule has 0 saturated heterocycles. The normalized spacial score (nSPS) is 11.5. The minimum Gasteiger partial charge on any atom is -0.481 e. The highest BCUT2D eigenvalue weighted by Gasteiger charge is 2.25. The lowest BCUT2D eigenvalue weighted by Gasteiger charge is -2.18. The molecule has 7 heteroatoms. The Morgan fingerprint density at radius 1 is 1.32 bits per heavy atom. The number of nitrogen functional groups attached to an aromatic ring is 2. The van der Waals surface area contributed by atoms with Gasteiger partial charge in [-0.2, -0.15) is 0 Å². The van der Waals surface area contributed by atoms with Crippen molar-refractivity contribution in [1.29, 1.82) is 0 Å². The van der Waals surface area contributed by atoms with E-state index in [4.69, 9.17) is 16.6 Å². The number of nitrogens with two attached hydrogens (primary N) is 2. The maximum Gasteiger partial charge on any atom is 0.309 e. The van der Waals surface area contributed by atoms with Crippen molar-refractivity contribution in [3.05, 3.63) is 6.07 Å². The Morgan fingerprint density at radius 3 is 2.42 bits per heavy atom. The van der Waals surface area contributed by atoms with Gasteiger partial charge in [-0.1, -0.05) is 18.2 Å². The monoisotopic (exact) mass is 284 g/mol. The summed E-state index contributed by atoms with van der Waals surface area (Å²) in [6.07, 6.45) is 2.41. The lowest BCUT2D eigenvalue weighted by atomic mass is 9.88. The van der Waals surface area contributed by atoms with E-state index in [0.717, 1.165) is 18.6 Å². The fourth-order valence-electron chi connectivity index (χ4n) is 1.47. The van der Waals surface area contributed by atoms with Gasteiger partial charge in [-0.3, -0.25) is 4.79 Å². The van der Waals surface area contributed by atoms with Crippen molar-refractivity contribution < 1.29 is 9.90 Å². The molecule has 0 radical (unpaired) electrons. The van der Waals surface area contributed by atoms with Crippen LogP contribution in [0, 0.1) is 5.41 Å². The molecule has 0 aliphatic carbocycles. The zero-order valence-corrected chi connectivity index (χ0v) is 12.0. The molecule has 106 valence electrons. The number of anilines is 2.